The van der Waals surface area contributed by atoms with Gasteiger partial charge >= 0.3 is 0 Å². The van der Waals surface area contributed by atoms with Gasteiger partial charge in [-0.05, 0) is 30.8 Å². The van der Waals surface area contributed by atoms with Crippen LogP contribution in [0.2, 0.25) is 0 Å². The molecular formula is C9H17N3OS. The molecule has 0 fully saturated rings. The molecule has 1 aromatic rings. The summed E-state index contributed by atoms with van der Waals surface area (Å²) in [6, 6.07) is 0. The molecule has 1 atom stereocenters. The van der Waals surface area contributed by atoms with Gasteiger partial charge < -0.3 is 10.3 Å². The second-order valence-corrected chi connectivity index (χ2v) is 4.24. The van der Waals surface area contributed by atoms with E-state index in [0.29, 0.717) is 11.6 Å². The van der Waals surface area contributed by atoms with Crippen molar-refractivity contribution < 1.29 is 4.55 Å². The van der Waals surface area contributed by atoms with Gasteiger partial charge in [-0.1, -0.05) is 6.92 Å². The standard InChI is InChI=1S/C9H17N3OS/c1-8(3-2-4-14-13)6-12-7-9(10)5-11-12/h5,7-8,13H,2-4,6,10H2,1H3. The van der Waals surface area contributed by atoms with Gasteiger partial charge in [0.25, 0.3) is 0 Å². The van der Waals surface area contributed by atoms with E-state index in [-0.39, 0.29) is 0 Å². The first-order valence-corrected chi connectivity index (χ1v) is 5.71. The number of hydrogen-bond acceptors (Lipinski definition) is 4. The van der Waals surface area contributed by atoms with Gasteiger partial charge in [0.1, 0.15) is 0 Å². The van der Waals surface area contributed by atoms with E-state index in [0.717, 1.165) is 37.2 Å². The van der Waals surface area contributed by atoms with E-state index in [2.05, 4.69) is 12.0 Å². The van der Waals surface area contributed by atoms with Gasteiger partial charge in [-0.2, -0.15) is 5.10 Å². The Hall–Kier alpha value is -0.680. The number of nitrogen functional groups attached to an aromatic ring is 1. The SMILES string of the molecule is CC(CCCSO)Cn1cc(N)cn1. The first kappa shape index (κ1) is 11.4. The normalized spacial score (nSPS) is 13.0. The maximum Gasteiger partial charge on any atom is 0.0719 e. The van der Waals surface area contributed by atoms with E-state index >= 15 is 0 Å². The zero-order valence-corrected chi connectivity index (χ0v) is 9.20. The Morgan fingerprint density at radius 1 is 1.71 bits per heavy atom. The highest BCUT2D eigenvalue weighted by atomic mass is 32.2. The number of rotatable bonds is 6. The molecule has 14 heavy (non-hydrogen) atoms. The van der Waals surface area contributed by atoms with E-state index in [1.807, 2.05) is 10.9 Å². The van der Waals surface area contributed by atoms with E-state index in [4.69, 9.17) is 10.3 Å². The fraction of sp³-hybridized carbons (Fsp3) is 0.667. The summed E-state index contributed by atoms with van der Waals surface area (Å²) >= 11 is 0.912. The molecule has 0 radical (unpaired) electrons. The third-order valence-corrected chi connectivity index (χ3v) is 2.56. The molecule has 1 rings (SSSR count). The Kier molecular flexibility index (Phi) is 4.82. The molecule has 1 unspecified atom stereocenters. The summed E-state index contributed by atoms with van der Waals surface area (Å²) in [5.41, 5.74) is 6.27. The summed E-state index contributed by atoms with van der Waals surface area (Å²) in [5, 5.41) is 4.12. The van der Waals surface area contributed by atoms with Crippen LogP contribution in [0.1, 0.15) is 19.8 Å². The van der Waals surface area contributed by atoms with Crippen LogP contribution in [0.5, 0.6) is 0 Å². The van der Waals surface area contributed by atoms with Gasteiger partial charge in [-0.15, -0.1) is 0 Å². The van der Waals surface area contributed by atoms with Crippen molar-refractivity contribution in [2.24, 2.45) is 5.92 Å². The predicted octanol–water partition coefficient (Wildman–Crippen LogP) is 2.09. The molecule has 1 aromatic heterocycles. The van der Waals surface area contributed by atoms with Gasteiger partial charge in [0.15, 0.2) is 0 Å². The van der Waals surface area contributed by atoms with Gasteiger partial charge in [0.05, 0.1) is 11.9 Å². The Balaban J connectivity index is 2.23. The van der Waals surface area contributed by atoms with Crippen LogP contribution in [-0.2, 0) is 6.54 Å². The summed E-state index contributed by atoms with van der Waals surface area (Å²) in [5.74, 6) is 1.38. The van der Waals surface area contributed by atoms with Gasteiger partial charge in [0, 0.05) is 18.5 Å². The minimum atomic E-state index is 0.571. The Morgan fingerprint density at radius 3 is 3.07 bits per heavy atom. The molecule has 4 nitrogen and oxygen atoms in total. The van der Waals surface area contributed by atoms with Crippen molar-refractivity contribution in [3.63, 3.8) is 0 Å². The number of nitrogens with two attached hydrogens (primary N) is 1. The summed E-state index contributed by atoms with van der Waals surface area (Å²) < 4.78 is 10.4. The zero-order valence-electron chi connectivity index (χ0n) is 8.39. The largest absolute Gasteiger partial charge is 0.396 e. The minimum Gasteiger partial charge on any atom is -0.396 e. The monoisotopic (exact) mass is 215 g/mol. The lowest BCUT2D eigenvalue weighted by Gasteiger charge is -2.10. The van der Waals surface area contributed by atoms with Gasteiger partial charge in [-0.25, -0.2) is 0 Å². The highest BCUT2D eigenvalue weighted by Gasteiger charge is 2.03. The molecule has 0 aromatic carbocycles. The number of aromatic nitrogens is 2. The molecule has 1 heterocycles. The minimum absolute atomic E-state index is 0.571. The molecule has 0 saturated heterocycles. The second kappa shape index (κ2) is 5.93. The van der Waals surface area contributed by atoms with Crippen molar-refractivity contribution in [3.8, 4) is 0 Å². The average molecular weight is 215 g/mol. The maximum atomic E-state index is 8.55. The van der Waals surface area contributed by atoms with Crippen LogP contribution < -0.4 is 5.73 Å². The highest BCUT2D eigenvalue weighted by Crippen LogP contribution is 2.11. The molecular weight excluding hydrogens is 198 g/mol. The molecule has 0 saturated carbocycles. The maximum absolute atomic E-state index is 8.55. The first-order chi connectivity index (χ1) is 6.72. The molecule has 5 heteroatoms. The third kappa shape index (κ3) is 4.02. The Morgan fingerprint density at radius 2 is 2.50 bits per heavy atom. The van der Waals surface area contributed by atoms with E-state index in [1.165, 1.54) is 0 Å². The molecule has 0 amide bonds. The van der Waals surface area contributed by atoms with Gasteiger partial charge in [0.2, 0.25) is 0 Å². The lowest BCUT2D eigenvalue weighted by molar-refractivity contribution is 0.421. The summed E-state index contributed by atoms with van der Waals surface area (Å²) in [4.78, 5) is 0. The van der Waals surface area contributed by atoms with Crippen molar-refractivity contribution in [2.75, 3.05) is 11.5 Å². The quantitative estimate of drug-likeness (QED) is 0.563. The number of nitrogens with zero attached hydrogens (tertiary/aromatic N) is 2. The Labute approximate surface area is 88.7 Å². The molecule has 0 bridgehead atoms. The van der Waals surface area contributed by atoms with E-state index in [9.17, 15) is 0 Å². The predicted molar refractivity (Wildman–Crippen MR) is 60.1 cm³/mol. The van der Waals surface area contributed by atoms with Crippen molar-refractivity contribution in [1.29, 1.82) is 0 Å². The number of hydrogen-bond donors (Lipinski definition) is 2. The van der Waals surface area contributed by atoms with Crippen LogP contribution in [0.3, 0.4) is 0 Å². The topological polar surface area (TPSA) is 64.1 Å². The van der Waals surface area contributed by atoms with Crippen LogP contribution in [0.25, 0.3) is 0 Å². The second-order valence-electron chi connectivity index (χ2n) is 3.58. The van der Waals surface area contributed by atoms with E-state index < -0.39 is 0 Å². The van der Waals surface area contributed by atoms with Crippen molar-refractivity contribution in [1.82, 2.24) is 9.78 Å². The average Bonchev–Trinajstić information content (AvgIpc) is 2.52. The zero-order chi connectivity index (χ0) is 10.4. The fourth-order valence-electron chi connectivity index (χ4n) is 1.39. The lowest BCUT2D eigenvalue weighted by Crippen LogP contribution is -2.08. The van der Waals surface area contributed by atoms with Gasteiger partial charge in [-0.3, -0.25) is 4.68 Å². The van der Waals surface area contributed by atoms with Crippen LogP contribution in [-0.4, -0.2) is 20.1 Å². The smallest absolute Gasteiger partial charge is 0.0719 e. The van der Waals surface area contributed by atoms with Crippen molar-refractivity contribution in [3.05, 3.63) is 12.4 Å². The first-order valence-electron chi connectivity index (χ1n) is 4.76. The van der Waals surface area contributed by atoms with Crippen LogP contribution in [0.4, 0.5) is 5.69 Å². The summed E-state index contributed by atoms with van der Waals surface area (Å²) in [6.45, 7) is 3.08. The lowest BCUT2D eigenvalue weighted by atomic mass is 10.1. The third-order valence-electron chi connectivity index (χ3n) is 2.08. The van der Waals surface area contributed by atoms with E-state index in [1.54, 1.807) is 6.20 Å². The molecule has 0 aliphatic carbocycles. The van der Waals surface area contributed by atoms with Crippen LogP contribution in [0.15, 0.2) is 12.4 Å². The van der Waals surface area contributed by atoms with Crippen molar-refractivity contribution >= 4 is 17.7 Å². The fourth-order valence-corrected chi connectivity index (χ4v) is 1.68. The molecule has 0 spiro atoms. The summed E-state index contributed by atoms with van der Waals surface area (Å²) in [6.07, 6.45) is 5.65. The molecule has 80 valence electrons. The summed E-state index contributed by atoms with van der Waals surface area (Å²) in [7, 11) is 0. The molecule has 3 N–H and O–H groups in total. The van der Waals surface area contributed by atoms with Crippen LogP contribution >= 0.6 is 12.0 Å². The molecule has 0 aliphatic heterocycles. The Bertz CT molecular complexity index is 264. The van der Waals surface area contributed by atoms with Crippen LogP contribution in [0, 0.1) is 5.92 Å². The highest BCUT2D eigenvalue weighted by molar-refractivity contribution is 7.93. The number of anilines is 1. The molecule has 0 aliphatic rings. The van der Waals surface area contributed by atoms with Crippen molar-refractivity contribution in [2.45, 2.75) is 26.3 Å².